The molecule has 21 heavy (non-hydrogen) atoms. The number of nitrogens with zero attached hydrogens (tertiary/aromatic N) is 3. The van der Waals surface area contributed by atoms with Gasteiger partial charge in [0.1, 0.15) is 0 Å². The molecule has 1 amide bonds. The van der Waals surface area contributed by atoms with Crippen LogP contribution in [-0.4, -0.2) is 50.1 Å². The quantitative estimate of drug-likeness (QED) is 0.840. The Balaban J connectivity index is 1.70. The summed E-state index contributed by atoms with van der Waals surface area (Å²) in [4.78, 5) is 17.9. The second-order valence-electron chi connectivity index (χ2n) is 5.82. The van der Waals surface area contributed by atoms with Gasteiger partial charge in [0.25, 0.3) is 0 Å². The Hall–Kier alpha value is -1.42. The van der Waals surface area contributed by atoms with Gasteiger partial charge in [0.05, 0.1) is 10.7 Å². The molecule has 2 aliphatic heterocycles. The summed E-state index contributed by atoms with van der Waals surface area (Å²) in [5, 5.41) is 0.815. The van der Waals surface area contributed by atoms with E-state index in [9.17, 15) is 4.79 Å². The highest BCUT2D eigenvalue weighted by Gasteiger charge is 2.21. The second-order valence-corrected chi connectivity index (χ2v) is 6.23. The topological polar surface area (TPSA) is 26.8 Å². The van der Waals surface area contributed by atoms with E-state index in [0.717, 1.165) is 50.0 Å². The molecule has 2 heterocycles. The van der Waals surface area contributed by atoms with Crippen LogP contribution in [0, 0.1) is 0 Å². The van der Waals surface area contributed by atoms with E-state index in [0.29, 0.717) is 0 Å². The van der Waals surface area contributed by atoms with E-state index in [1.807, 2.05) is 4.90 Å². The highest BCUT2D eigenvalue weighted by Crippen LogP contribution is 2.32. The fourth-order valence-electron chi connectivity index (χ4n) is 3.19. The number of hydrogen-bond acceptors (Lipinski definition) is 3. The second kappa shape index (κ2) is 6.14. The SMILES string of the molecule is CC(=O)N1CCN(c2ccc(N3CCCC3)cc2Cl)CC1. The molecule has 1 aromatic carbocycles. The first kappa shape index (κ1) is 14.5. The molecule has 0 saturated carbocycles. The molecule has 114 valence electrons. The molecule has 0 spiro atoms. The Labute approximate surface area is 131 Å². The first-order chi connectivity index (χ1) is 10.1. The molecule has 0 radical (unpaired) electrons. The molecular weight excluding hydrogens is 286 g/mol. The monoisotopic (exact) mass is 307 g/mol. The molecular formula is C16H22ClN3O. The molecule has 2 saturated heterocycles. The largest absolute Gasteiger partial charge is 0.371 e. The Morgan fingerprint density at radius 1 is 1.00 bits per heavy atom. The molecule has 3 rings (SSSR count). The van der Waals surface area contributed by atoms with E-state index in [1.165, 1.54) is 18.5 Å². The third-order valence-electron chi connectivity index (χ3n) is 4.47. The van der Waals surface area contributed by atoms with Gasteiger partial charge in [-0.1, -0.05) is 11.6 Å². The summed E-state index contributed by atoms with van der Waals surface area (Å²) < 4.78 is 0. The average molecular weight is 308 g/mol. The fraction of sp³-hybridized carbons (Fsp3) is 0.562. The highest BCUT2D eigenvalue weighted by molar-refractivity contribution is 6.33. The molecule has 2 aliphatic rings. The van der Waals surface area contributed by atoms with Crippen LogP contribution in [0.2, 0.25) is 5.02 Å². The zero-order chi connectivity index (χ0) is 14.8. The van der Waals surface area contributed by atoms with Gasteiger partial charge in [0, 0.05) is 51.9 Å². The predicted molar refractivity (Wildman–Crippen MR) is 87.4 cm³/mol. The third kappa shape index (κ3) is 3.10. The van der Waals surface area contributed by atoms with E-state index in [-0.39, 0.29) is 5.91 Å². The summed E-state index contributed by atoms with van der Waals surface area (Å²) in [6.07, 6.45) is 2.54. The van der Waals surface area contributed by atoms with Gasteiger partial charge in [-0.15, -0.1) is 0 Å². The third-order valence-corrected chi connectivity index (χ3v) is 4.77. The minimum Gasteiger partial charge on any atom is -0.371 e. The maximum Gasteiger partial charge on any atom is 0.219 e. The van der Waals surface area contributed by atoms with Crippen LogP contribution >= 0.6 is 11.6 Å². The van der Waals surface area contributed by atoms with E-state index in [4.69, 9.17) is 11.6 Å². The van der Waals surface area contributed by atoms with Crippen LogP contribution < -0.4 is 9.80 Å². The molecule has 5 heteroatoms. The molecule has 4 nitrogen and oxygen atoms in total. The lowest BCUT2D eigenvalue weighted by atomic mass is 10.2. The van der Waals surface area contributed by atoms with E-state index >= 15 is 0 Å². The number of piperazine rings is 1. The van der Waals surface area contributed by atoms with Crippen molar-refractivity contribution in [2.75, 3.05) is 49.1 Å². The molecule has 1 aromatic rings. The van der Waals surface area contributed by atoms with Gasteiger partial charge in [-0.25, -0.2) is 0 Å². The van der Waals surface area contributed by atoms with Crippen molar-refractivity contribution in [2.45, 2.75) is 19.8 Å². The number of benzene rings is 1. The van der Waals surface area contributed by atoms with E-state index in [2.05, 4.69) is 28.0 Å². The van der Waals surface area contributed by atoms with Gasteiger partial charge in [-0.3, -0.25) is 4.79 Å². The lowest BCUT2D eigenvalue weighted by Crippen LogP contribution is -2.48. The molecule has 0 bridgehead atoms. The van der Waals surface area contributed by atoms with Crippen molar-refractivity contribution in [3.05, 3.63) is 23.2 Å². The lowest BCUT2D eigenvalue weighted by Gasteiger charge is -2.36. The summed E-state index contributed by atoms with van der Waals surface area (Å²) in [5.41, 5.74) is 2.31. The van der Waals surface area contributed by atoms with Crippen LogP contribution in [0.25, 0.3) is 0 Å². The Morgan fingerprint density at radius 2 is 1.67 bits per heavy atom. The zero-order valence-electron chi connectivity index (χ0n) is 12.5. The van der Waals surface area contributed by atoms with Crippen LogP contribution in [0.5, 0.6) is 0 Å². The number of carbonyl (C=O) groups excluding carboxylic acids is 1. The van der Waals surface area contributed by atoms with Crippen molar-refractivity contribution in [2.24, 2.45) is 0 Å². The Bertz CT molecular complexity index is 520. The van der Waals surface area contributed by atoms with E-state index in [1.54, 1.807) is 6.92 Å². The summed E-state index contributed by atoms with van der Waals surface area (Å²) in [6.45, 7) is 7.15. The molecule has 0 N–H and O–H groups in total. The van der Waals surface area contributed by atoms with Crippen LogP contribution in [0.3, 0.4) is 0 Å². The molecule has 2 fully saturated rings. The number of anilines is 2. The zero-order valence-corrected chi connectivity index (χ0v) is 13.3. The summed E-state index contributed by atoms with van der Waals surface area (Å²) in [5.74, 6) is 0.158. The molecule has 0 aromatic heterocycles. The smallest absolute Gasteiger partial charge is 0.219 e. The Kier molecular flexibility index (Phi) is 4.24. The van der Waals surface area contributed by atoms with Crippen molar-refractivity contribution in [3.8, 4) is 0 Å². The maximum atomic E-state index is 11.4. The highest BCUT2D eigenvalue weighted by atomic mass is 35.5. The van der Waals surface area contributed by atoms with Crippen LogP contribution in [-0.2, 0) is 4.79 Å². The average Bonchev–Trinajstić information content (AvgIpc) is 3.01. The van der Waals surface area contributed by atoms with Crippen molar-refractivity contribution < 1.29 is 4.79 Å². The van der Waals surface area contributed by atoms with Crippen molar-refractivity contribution >= 4 is 28.9 Å². The maximum absolute atomic E-state index is 11.4. The standard InChI is InChI=1S/C16H22ClN3O/c1-13(21)18-8-10-20(11-9-18)16-5-4-14(12-15(16)17)19-6-2-3-7-19/h4-5,12H,2-3,6-11H2,1H3. The number of carbonyl (C=O) groups is 1. The Morgan fingerprint density at radius 3 is 2.24 bits per heavy atom. The van der Waals surface area contributed by atoms with Crippen molar-refractivity contribution in [1.29, 1.82) is 0 Å². The first-order valence-corrected chi connectivity index (χ1v) is 8.08. The van der Waals surface area contributed by atoms with E-state index < -0.39 is 0 Å². The first-order valence-electron chi connectivity index (χ1n) is 7.70. The lowest BCUT2D eigenvalue weighted by molar-refractivity contribution is -0.129. The number of rotatable bonds is 2. The van der Waals surface area contributed by atoms with Crippen LogP contribution in [0.4, 0.5) is 11.4 Å². The normalized spacial score (nSPS) is 19.2. The number of hydrogen-bond donors (Lipinski definition) is 0. The van der Waals surface area contributed by atoms with Crippen LogP contribution in [0.15, 0.2) is 18.2 Å². The summed E-state index contributed by atoms with van der Waals surface area (Å²) in [7, 11) is 0. The van der Waals surface area contributed by atoms with Gasteiger partial charge in [-0.2, -0.15) is 0 Å². The summed E-state index contributed by atoms with van der Waals surface area (Å²) in [6, 6.07) is 6.38. The van der Waals surface area contributed by atoms with Crippen molar-refractivity contribution in [1.82, 2.24) is 4.90 Å². The number of amides is 1. The minimum absolute atomic E-state index is 0.158. The van der Waals surface area contributed by atoms with Crippen molar-refractivity contribution in [3.63, 3.8) is 0 Å². The van der Waals surface area contributed by atoms with Gasteiger partial charge in [0.15, 0.2) is 0 Å². The molecule has 0 unspecified atom stereocenters. The van der Waals surface area contributed by atoms with Gasteiger partial charge in [0.2, 0.25) is 5.91 Å². The fourth-order valence-corrected chi connectivity index (χ4v) is 3.48. The minimum atomic E-state index is 0.158. The number of halogens is 1. The molecule has 0 aliphatic carbocycles. The molecule has 0 atom stereocenters. The van der Waals surface area contributed by atoms with Crippen LogP contribution in [0.1, 0.15) is 19.8 Å². The predicted octanol–water partition coefficient (Wildman–Crippen LogP) is 2.61. The van der Waals surface area contributed by atoms with Gasteiger partial charge < -0.3 is 14.7 Å². The van der Waals surface area contributed by atoms with Gasteiger partial charge in [-0.05, 0) is 31.0 Å². The summed E-state index contributed by atoms with van der Waals surface area (Å²) >= 11 is 6.49. The van der Waals surface area contributed by atoms with Gasteiger partial charge >= 0.3 is 0 Å².